The minimum Gasteiger partial charge on any atom is -0.383 e. The number of nitrogens with two attached hydrogens (primary N) is 3. The first-order chi connectivity index (χ1) is 20.1. The molecule has 8 N–H and O–H groups in total. The van der Waals surface area contributed by atoms with Crippen molar-refractivity contribution in [3.8, 4) is 0 Å². The number of nitrogens with zero attached hydrogens (tertiary/aromatic N) is 2. The molecule has 7 nitrogen and oxygen atoms in total. The van der Waals surface area contributed by atoms with Crippen LogP contribution in [0.3, 0.4) is 0 Å². The van der Waals surface area contributed by atoms with Crippen molar-refractivity contribution in [1.82, 2.24) is 19.8 Å². The molecule has 1 aromatic carbocycles. The third kappa shape index (κ3) is 11.1. The summed E-state index contributed by atoms with van der Waals surface area (Å²) >= 11 is 0. The van der Waals surface area contributed by atoms with Gasteiger partial charge in [0.2, 0.25) is 0 Å². The van der Waals surface area contributed by atoms with E-state index in [1.807, 2.05) is 0 Å². The number of rotatable bonds is 21. The van der Waals surface area contributed by atoms with Crippen molar-refractivity contribution >= 4 is 21.1 Å². The summed E-state index contributed by atoms with van der Waals surface area (Å²) in [5, 5.41) is 7.25. The summed E-state index contributed by atoms with van der Waals surface area (Å²) in [4.78, 5) is 3.32. The number of hydrogen-bond acceptors (Lipinski definition) is 7. The lowest BCUT2D eigenvalue weighted by atomic mass is 9.85. The smallest absolute Gasteiger partial charge is 0.0651 e. The Morgan fingerprint density at radius 1 is 0.952 bits per heavy atom. The van der Waals surface area contributed by atoms with E-state index in [1.54, 1.807) is 0 Å². The molecule has 0 aliphatic heterocycles. The molecule has 0 heterocycles. The van der Waals surface area contributed by atoms with Gasteiger partial charge in [-0.05, 0) is 36.5 Å². The summed E-state index contributed by atoms with van der Waals surface area (Å²) in [6, 6.07) is 8.48. The van der Waals surface area contributed by atoms with E-state index >= 15 is 0 Å². The summed E-state index contributed by atoms with van der Waals surface area (Å²) < 4.78 is 2.35. The summed E-state index contributed by atoms with van der Waals surface area (Å²) in [5.74, 6) is 9.74. The molecule has 0 spiro atoms. The standard InChI is InChI=1S/C34H61N7S/c1-8-41(9-2)42(6,7)32-18-15-31(16-19-32)26-38-29(5)34(20-17-30-13-11-10-12-14-30)39-28(4)33(37)25-27(3)40(23-21-35)24-22-36/h15-16,18-19,30,33-34,38-39H,3-14,17,20-26,35-37H2,1-2H3. The molecule has 238 valence electrons. The van der Waals surface area contributed by atoms with Gasteiger partial charge in [0.05, 0.1) is 6.04 Å². The summed E-state index contributed by atoms with van der Waals surface area (Å²) in [7, 11) is -1.48. The van der Waals surface area contributed by atoms with Gasteiger partial charge in [0.15, 0.2) is 0 Å². The Morgan fingerprint density at radius 2 is 1.55 bits per heavy atom. The average molecular weight is 600 g/mol. The third-order valence-electron chi connectivity index (χ3n) is 8.60. The van der Waals surface area contributed by atoms with Gasteiger partial charge in [-0.15, -0.1) is 9.39 Å². The van der Waals surface area contributed by atoms with Crippen LogP contribution < -0.4 is 27.8 Å². The van der Waals surface area contributed by atoms with E-state index < -0.39 is 9.39 Å². The molecule has 2 rings (SSSR count). The lowest BCUT2D eigenvalue weighted by Crippen LogP contribution is -2.42. The topological polar surface area (TPSA) is 109 Å². The Balaban J connectivity index is 2.05. The second-order valence-corrected chi connectivity index (χ2v) is 14.4. The Morgan fingerprint density at radius 3 is 2.10 bits per heavy atom. The fraction of sp³-hybridized carbons (Fsp3) is 0.588. The fourth-order valence-corrected chi connectivity index (χ4v) is 7.78. The van der Waals surface area contributed by atoms with Crippen molar-refractivity contribution in [2.24, 2.45) is 23.1 Å². The van der Waals surface area contributed by atoms with Gasteiger partial charge in [-0.25, -0.2) is 0 Å². The van der Waals surface area contributed by atoms with Crippen molar-refractivity contribution in [3.63, 3.8) is 0 Å². The molecule has 0 saturated heterocycles. The highest BCUT2D eigenvalue weighted by atomic mass is 32.2. The lowest BCUT2D eigenvalue weighted by molar-refractivity contribution is 0.319. The van der Waals surface area contributed by atoms with Crippen LogP contribution in [0, 0.1) is 5.92 Å². The van der Waals surface area contributed by atoms with E-state index in [2.05, 4.69) is 89.4 Å². The summed E-state index contributed by atoms with van der Waals surface area (Å²) in [6.07, 6.45) is 9.48. The number of hydrogen-bond donors (Lipinski definition) is 5. The van der Waals surface area contributed by atoms with Gasteiger partial charge < -0.3 is 32.7 Å². The van der Waals surface area contributed by atoms with Gasteiger partial charge >= 0.3 is 0 Å². The molecule has 1 aliphatic carbocycles. The van der Waals surface area contributed by atoms with Crippen LogP contribution in [-0.2, 0) is 6.54 Å². The Hall–Kier alpha value is -2.23. The van der Waals surface area contributed by atoms with Crippen molar-refractivity contribution in [3.05, 3.63) is 66.7 Å². The van der Waals surface area contributed by atoms with Crippen molar-refractivity contribution in [2.45, 2.75) is 88.7 Å². The normalized spacial score (nSPS) is 15.7. The zero-order valence-corrected chi connectivity index (χ0v) is 27.5. The van der Waals surface area contributed by atoms with Gasteiger partial charge in [-0.2, -0.15) is 0 Å². The highest BCUT2D eigenvalue weighted by Crippen LogP contribution is 2.35. The number of nitrogens with one attached hydrogen (secondary N) is 2. The van der Waals surface area contributed by atoms with Crippen LogP contribution in [0.4, 0.5) is 0 Å². The van der Waals surface area contributed by atoms with Crippen molar-refractivity contribution < 1.29 is 0 Å². The third-order valence-corrected chi connectivity index (χ3v) is 11.3. The molecular weight excluding hydrogens is 538 g/mol. The maximum Gasteiger partial charge on any atom is 0.0651 e. The summed E-state index contributed by atoms with van der Waals surface area (Å²) in [5.41, 5.74) is 22.1. The van der Waals surface area contributed by atoms with Crippen molar-refractivity contribution in [2.75, 3.05) is 39.3 Å². The molecule has 2 unspecified atom stereocenters. The molecule has 8 heteroatoms. The van der Waals surface area contributed by atoms with E-state index in [0.717, 1.165) is 55.6 Å². The van der Waals surface area contributed by atoms with E-state index in [-0.39, 0.29) is 12.1 Å². The SMILES string of the molecule is C=C(NC(CCC1CCCCC1)C(=C)NCc1ccc(S(=C)(=C)N(CC)CC)cc1)C(N)CC(=C)N(CCN)CCN. The Labute approximate surface area is 258 Å². The lowest BCUT2D eigenvalue weighted by Gasteiger charge is -2.31. The van der Waals surface area contributed by atoms with Crippen LogP contribution in [0.25, 0.3) is 0 Å². The Kier molecular flexibility index (Phi) is 15.8. The molecule has 0 radical (unpaired) electrons. The fourth-order valence-electron chi connectivity index (χ4n) is 5.85. The van der Waals surface area contributed by atoms with Gasteiger partial charge in [0.25, 0.3) is 0 Å². The van der Waals surface area contributed by atoms with Crippen LogP contribution >= 0.6 is 9.39 Å². The predicted molar refractivity (Wildman–Crippen MR) is 189 cm³/mol. The zero-order chi connectivity index (χ0) is 31.1. The average Bonchev–Trinajstić information content (AvgIpc) is 2.98. The van der Waals surface area contributed by atoms with Crippen LogP contribution in [0.1, 0.15) is 70.8 Å². The van der Waals surface area contributed by atoms with Crippen LogP contribution in [0.5, 0.6) is 0 Å². The molecule has 1 aromatic rings. The molecule has 0 amide bonds. The van der Waals surface area contributed by atoms with Gasteiger partial charge in [-0.1, -0.05) is 89.6 Å². The van der Waals surface area contributed by atoms with Crippen LogP contribution in [-0.4, -0.2) is 72.3 Å². The summed E-state index contributed by atoms with van der Waals surface area (Å²) in [6.45, 7) is 22.5. The second kappa shape index (κ2) is 18.4. The quantitative estimate of drug-likeness (QED) is 0.129. The first kappa shape index (κ1) is 36.0. The molecule has 1 saturated carbocycles. The maximum atomic E-state index is 6.62. The molecule has 2 atom stereocenters. The largest absolute Gasteiger partial charge is 0.383 e. The number of benzene rings is 1. The van der Waals surface area contributed by atoms with Crippen LogP contribution in [0.15, 0.2) is 66.0 Å². The second-order valence-electron chi connectivity index (χ2n) is 11.7. The van der Waals surface area contributed by atoms with Crippen LogP contribution in [0.2, 0.25) is 0 Å². The zero-order valence-electron chi connectivity index (χ0n) is 26.7. The maximum absolute atomic E-state index is 6.62. The minimum absolute atomic E-state index is 0.0432. The van der Waals surface area contributed by atoms with Crippen molar-refractivity contribution in [1.29, 1.82) is 0 Å². The molecule has 0 bridgehead atoms. The molecule has 1 fully saturated rings. The highest BCUT2D eigenvalue weighted by molar-refractivity contribution is 8.25. The van der Waals surface area contributed by atoms with E-state index in [4.69, 9.17) is 17.2 Å². The first-order valence-electron chi connectivity index (χ1n) is 15.9. The molecule has 0 aromatic heterocycles. The van der Waals surface area contributed by atoms with E-state index in [1.165, 1.54) is 49.0 Å². The molecular formula is C34H61N7S. The molecule has 1 aliphatic rings. The van der Waals surface area contributed by atoms with E-state index in [0.29, 0.717) is 26.1 Å². The Bertz CT molecular complexity index is 1060. The van der Waals surface area contributed by atoms with Gasteiger partial charge in [0, 0.05) is 80.3 Å². The molecule has 42 heavy (non-hydrogen) atoms. The monoisotopic (exact) mass is 599 g/mol. The minimum atomic E-state index is -1.48. The van der Waals surface area contributed by atoms with Gasteiger partial charge in [-0.3, -0.25) is 4.31 Å². The first-order valence-corrected chi connectivity index (χ1v) is 17.8. The predicted octanol–water partition coefficient (Wildman–Crippen LogP) is 4.86. The van der Waals surface area contributed by atoms with E-state index in [9.17, 15) is 0 Å². The highest BCUT2D eigenvalue weighted by Gasteiger charge is 2.21. The van der Waals surface area contributed by atoms with Gasteiger partial charge in [0.1, 0.15) is 0 Å².